The quantitative estimate of drug-likeness (QED) is 0.662. The molecule has 3 rings (SSSR count). The second kappa shape index (κ2) is 7.47. The van der Waals surface area contributed by atoms with Crippen LogP contribution in [0.15, 0.2) is 42.0 Å². The van der Waals surface area contributed by atoms with E-state index < -0.39 is 11.6 Å². The van der Waals surface area contributed by atoms with Gasteiger partial charge in [-0.1, -0.05) is 36.4 Å². The zero-order chi connectivity index (χ0) is 15.6. The minimum atomic E-state index is -1.49. The van der Waals surface area contributed by atoms with Gasteiger partial charge in [0.1, 0.15) is 6.61 Å². The van der Waals surface area contributed by atoms with Crippen LogP contribution in [0.3, 0.4) is 0 Å². The zero-order valence-corrected chi connectivity index (χ0v) is 14.2. The lowest BCUT2D eigenvalue weighted by molar-refractivity contribution is -0.168. The maximum Gasteiger partial charge on any atom is 0.343 e. The number of carbonyl (C=O) groups excluding carboxylic acids is 1. The molecule has 4 nitrogen and oxygen atoms in total. The van der Waals surface area contributed by atoms with Crippen molar-refractivity contribution in [1.82, 2.24) is 4.90 Å². The molecule has 1 fully saturated rings. The van der Waals surface area contributed by atoms with E-state index in [4.69, 9.17) is 4.74 Å². The number of hydrogen-bond donors (Lipinski definition) is 1. The summed E-state index contributed by atoms with van der Waals surface area (Å²) in [6, 6.07) is 9.17. The number of carbonyl (C=O) groups is 1. The molecule has 126 valence electrons. The van der Waals surface area contributed by atoms with Crippen LogP contribution in [0, 0.1) is 5.92 Å². The summed E-state index contributed by atoms with van der Waals surface area (Å²) in [5.41, 5.74) is 0.283. The van der Waals surface area contributed by atoms with Gasteiger partial charge in [0, 0.05) is 19.0 Å². The molecule has 1 unspecified atom stereocenters. The third-order valence-corrected chi connectivity index (χ3v) is 4.59. The average molecular weight is 338 g/mol. The first kappa shape index (κ1) is 18.0. The smallest absolute Gasteiger partial charge is 0.343 e. The monoisotopic (exact) mass is 337 g/mol. The predicted octanol–water partition coefficient (Wildman–Crippen LogP) is 2.51. The van der Waals surface area contributed by atoms with Crippen LogP contribution < -0.4 is 0 Å². The Balaban J connectivity index is 0.00000192. The van der Waals surface area contributed by atoms with Gasteiger partial charge < -0.3 is 14.7 Å². The molecule has 1 aliphatic carbocycles. The summed E-state index contributed by atoms with van der Waals surface area (Å²) in [6.45, 7) is 2.15. The van der Waals surface area contributed by atoms with Crippen LogP contribution in [-0.2, 0) is 15.1 Å². The lowest BCUT2D eigenvalue weighted by Gasteiger charge is -2.27. The third-order valence-electron chi connectivity index (χ3n) is 4.59. The summed E-state index contributed by atoms with van der Waals surface area (Å²) in [4.78, 5) is 14.8. The molecule has 1 aliphatic heterocycles. The van der Waals surface area contributed by atoms with E-state index in [1.807, 2.05) is 18.2 Å². The molecule has 0 aromatic heterocycles. The molecule has 1 atom stereocenters. The van der Waals surface area contributed by atoms with Crippen molar-refractivity contribution in [3.8, 4) is 0 Å². The van der Waals surface area contributed by atoms with E-state index in [1.165, 1.54) is 0 Å². The van der Waals surface area contributed by atoms with Crippen LogP contribution >= 0.6 is 12.4 Å². The van der Waals surface area contributed by atoms with Crippen LogP contribution in [-0.4, -0.2) is 42.7 Å². The number of hydrogen-bond acceptors (Lipinski definition) is 4. The third kappa shape index (κ3) is 3.94. The molecule has 0 radical (unpaired) electrons. The molecule has 1 aromatic carbocycles. The largest absolute Gasteiger partial charge is 0.459 e. The number of likely N-dealkylation sites (N-methyl/N-ethyl adjacent to an activating group) is 1. The fourth-order valence-corrected chi connectivity index (χ4v) is 2.93. The molecule has 1 saturated carbocycles. The Kier molecular flexibility index (Phi) is 5.84. The van der Waals surface area contributed by atoms with Crippen LogP contribution in [0.2, 0.25) is 0 Å². The van der Waals surface area contributed by atoms with E-state index in [1.54, 1.807) is 12.1 Å². The number of nitrogens with zero attached hydrogens (tertiary/aromatic N) is 1. The fourth-order valence-electron chi connectivity index (χ4n) is 2.93. The van der Waals surface area contributed by atoms with Gasteiger partial charge in [0.2, 0.25) is 0 Å². The highest BCUT2D eigenvalue weighted by molar-refractivity contribution is 5.85. The van der Waals surface area contributed by atoms with Crippen molar-refractivity contribution in [3.63, 3.8) is 0 Å². The second-order valence-corrected chi connectivity index (χ2v) is 6.36. The van der Waals surface area contributed by atoms with Gasteiger partial charge in [-0.3, -0.25) is 0 Å². The van der Waals surface area contributed by atoms with E-state index in [9.17, 15) is 9.90 Å². The maximum absolute atomic E-state index is 12.5. The summed E-state index contributed by atoms with van der Waals surface area (Å²) in [7, 11) is 2.07. The van der Waals surface area contributed by atoms with Crippen LogP contribution in [0.5, 0.6) is 0 Å². The summed E-state index contributed by atoms with van der Waals surface area (Å²) >= 11 is 0. The molecular formula is C18H24ClNO3. The number of halogens is 1. The van der Waals surface area contributed by atoms with Crippen molar-refractivity contribution < 1.29 is 14.6 Å². The Bertz CT molecular complexity index is 571. The van der Waals surface area contributed by atoms with Crippen LogP contribution in [0.25, 0.3) is 0 Å². The molecular weight excluding hydrogens is 314 g/mol. The zero-order valence-electron chi connectivity index (χ0n) is 13.4. The minimum Gasteiger partial charge on any atom is -0.459 e. The number of benzene rings is 1. The van der Waals surface area contributed by atoms with E-state index in [0.717, 1.165) is 37.9 Å². The molecule has 1 heterocycles. The van der Waals surface area contributed by atoms with Gasteiger partial charge in [-0.15, -0.1) is 12.4 Å². The lowest BCUT2D eigenvalue weighted by atomic mass is 9.89. The SMILES string of the molecule is CN1CC=C(COC(=O)C(O)(c2ccccc2)C2CC2)CC1.Cl. The van der Waals surface area contributed by atoms with Gasteiger partial charge in [-0.05, 0) is 37.4 Å². The predicted molar refractivity (Wildman–Crippen MR) is 91.5 cm³/mol. The molecule has 5 heteroatoms. The summed E-state index contributed by atoms with van der Waals surface area (Å²) in [5, 5.41) is 11.0. The van der Waals surface area contributed by atoms with Crippen molar-refractivity contribution in [2.45, 2.75) is 24.9 Å². The number of ether oxygens (including phenoxy) is 1. The highest BCUT2D eigenvalue weighted by Crippen LogP contribution is 2.46. The Labute approximate surface area is 143 Å². The molecule has 0 spiro atoms. The molecule has 0 bridgehead atoms. The first-order valence-electron chi connectivity index (χ1n) is 7.92. The molecule has 23 heavy (non-hydrogen) atoms. The van der Waals surface area contributed by atoms with Crippen molar-refractivity contribution in [3.05, 3.63) is 47.5 Å². The van der Waals surface area contributed by atoms with Gasteiger partial charge >= 0.3 is 5.97 Å². The minimum absolute atomic E-state index is 0. The van der Waals surface area contributed by atoms with Crippen molar-refractivity contribution in [2.75, 3.05) is 26.7 Å². The normalized spacial score (nSPS) is 20.9. The van der Waals surface area contributed by atoms with Gasteiger partial charge in [0.25, 0.3) is 0 Å². The maximum atomic E-state index is 12.5. The Morgan fingerprint density at radius 2 is 2.04 bits per heavy atom. The van der Waals surface area contributed by atoms with E-state index in [0.29, 0.717) is 5.56 Å². The highest BCUT2D eigenvalue weighted by Gasteiger charge is 2.52. The first-order valence-corrected chi connectivity index (χ1v) is 7.92. The van der Waals surface area contributed by atoms with Crippen LogP contribution in [0.4, 0.5) is 0 Å². The van der Waals surface area contributed by atoms with Gasteiger partial charge in [-0.2, -0.15) is 0 Å². The standard InChI is InChI=1S/C18H23NO3.ClH/c1-19-11-9-14(10-12-19)13-22-17(20)18(21,16-7-8-16)15-5-3-2-4-6-15;/h2-6,9,16,21H,7-8,10-13H2,1H3;1H. The Hall–Kier alpha value is -1.36. The molecule has 1 N–H and O–H groups in total. The molecule has 2 aliphatic rings. The summed E-state index contributed by atoms with van der Waals surface area (Å²) in [6.07, 6.45) is 4.76. The number of aliphatic hydroxyl groups is 1. The van der Waals surface area contributed by atoms with Gasteiger partial charge in [-0.25, -0.2) is 4.79 Å². The van der Waals surface area contributed by atoms with Crippen molar-refractivity contribution in [2.24, 2.45) is 5.92 Å². The number of esters is 1. The van der Waals surface area contributed by atoms with Crippen LogP contribution in [0.1, 0.15) is 24.8 Å². The first-order chi connectivity index (χ1) is 10.6. The fraction of sp³-hybridized carbons (Fsp3) is 0.500. The summed E-state index contributed by atoms with van der Waals surface area (Å²) < 4.78 is 5.46. The lowest BCUT2D eigenvalue weighted by Crippen LogP contribution is -2.40. The second-order valence-electron chi connectivity index (χ2n) is 6.36. The number of rotatable bonds is 5. The van der Waals surface area contributed by atoms with Crippen molar-refractivity contribution >= 4 is 18.4 Å². The van der Waals surface area contributed by atoms with E-state index in [2.05, 4.69) is 18.0 Å². The molecule has 0 saturated heterocycles. The average Bonchev–Trinajstić information content (AvgIpc) is 3.39. The molecule has 1 aromatic rings. The van der Waals surface area contributed by atoms with Gasteiger partial charge in [0.15, 0.2) is 5.60 Å². The van der Waals surface area contributed by atoms with E-state index in [-0.39, 0.29) is 24.9 Å². The van der Waals surface area contributed by atoms with Crippen molar-refractivity contribution in [1.29, 1.82) is 0 Å². The molecule has 0 amide bonds. The summed E-state index contributed by atoms with van der Waals surface area (Å²) in [5.74, 6) is -0.533. The van der Waals surface area contributed by atoms with Gasteiger partial charge in [0.05, 0.1) is 0 Å². The van der Waals surface area contributed by atoms with E-state index >= 15 is 0 Å². The Morgan fingerprint density at radius 3 is 2.61 bits per heavy atom. The Morgan fingerprint density at radius 1 is 1.35 bits per heavy atom. The highest BCUT2D eigenvalue weighted by atomic mass is 35.5. The topological polar surface area (TPSA) is 49.8 Å².